The molecule has 0 saturated heterocycles. The number of fused-ring (bicyclic) bond motifs is 2. The second-order valence-electron chi connectivity index (χ2n) is 5.16. The SMILES string of the molecule is Cc1ccc2nc3c(c(CBr)c2c1)CN(C)CC3. The summed E-state index contributed by atoms with van der Waals surface area (Å²) in [6.07, 6.45) is 1.07. The van der Waals surface area contributed by atoms with E-state index >= 15 is 0 Å². The van der Waals surface area contributed by atoms with Gasteiger partial charge in [-0.05, 0) is 37.2 Å². The number of rotatable bonds is 1. The van der Waals surface area contributed by atoms with Crippen LogP contribution in [0.3, 0.4) is 0 Å². The first-order valence-corrected chi connectivity index (χ1v) is 7.46. The molecule has 0 amide bonds. The smallest absolute Gasteiger partial charge is 0.0708 e. The van der Waals surface area contributed by atoms with Gasteiger partial charge >= 0.3 is 0 Å². The van der Waals surface area contributed by atoms with Crippen LogP contribution in [0, 0.1) is 6.92 Å². The number of pyridine rings is 1. The van der Waals surface area contributed by atoms with E-state index in [1.54, 1.807) is 0 Å². The number of aryl methyl sites for hydroxylation is 1. The van der Waals surface area contributed by atoms with Crippen LogP contribution in [0.5, 0.6) is 0 Å². The van der Waals surface area contributed by atoms with E-state index in [2.05, 4.69) is 53.0 Å². The van der Waals surface area contributed by atoms with Gasteiger partial charge in [0.25, 0.3) is 0 Å². The van der Waals surface area contributed by atoms with Gasteiger partial charge in [-0.2, -0.15) is 0 Å². The molecule has 1 aliphatic rings. The van der Waals surface area contributed by atoms with Crippen LogP contribution in [0.25, 0.3) is 10.9 Å². The molecule has 0 fully saturated rings. The van der Waals surface area contributed by atoms with E-state index in [1.807, 2.05) is 0 Å². The maximum Gasteiger partial charge on any atom is 0.0708 e. The fraction of sp³-hybridized carbons (Fsp3) is 0.400. The third-order valence-electron chi connectivity index (χ3n) is 3.74. The average Bonchev–Trinajstić information content (AvgIpc) is 2.36. The van der Waals surface area contributed by atoms with Gasteiger partial charge in [0, 0.05) is 35.9 Å². The lowest BCUT2D eigenvalue weighted by atomic mass is 9.96. The van der Waals surface area contributed by atoms with Crippen LogP contribution < -0.4 is 0 Å². The lowest BCUT2D eigenvalue weighted by Crippen LogP contribution is -2.28. The first-order valence-electron chi connectivity index (χ1n) is 6.34. The lowest BCUT2D eigenvalue weighted by Gasteiger charge is -2.27. The molecule has 0 spiro atoms. The first-order chi connectivity index (χ1) is 8.69. The van der Waals surface area contributed by atoms with Gasteiger partial charge in [0.15, 0.2) is 0 Å². The molecule has 0 unspecified atom stereocenters. The number of benzene rings is 1. The summed E-state index contributed by atoms with van der Waals surface area (Å²) in [5.74, 6) is 0. The lowest BCUT2D eigenvalue weighted by molar-refractivity contribution is 0.309. The monoisotopic (exact) mass is 304 g/mol. The minimum atomic E-state index is 0.908. The van der Waals surface area contributed by atoms with Crippen LogP contribution in [0.15, 0.2) is 18.2 Å². The zero-order chi connectivity index (χ0) is 12.7. The molecule has 2 heterocycles. The van der Waals surface area contributed by atoms with E-state index in [4.69, 9.17) is 4.98 Å². The van der Waals surface area contributed by atoms with E-state index in [9.17, 15) is 0 Å². The highest BCUT2D eigenvalue weighted by Gasteiger charge is 2.19. The molecule has 0 bridgehead atoms. The second-order valence-corrected chi connectivity index (χ2v) is 5.72. The van der Waals surface area contributed by atoms with Crippen LogP contribution >= 0.6 is 15.9 Å². The summed E-state index contributed by atoms with van der Waals surface area (Å²) in [5, 5.41) is 2.21. The Morgan fingerprint density at radius 1 is 1.39 bits per heavy atom. The number of aromatic nitrogens is 1. The van der Waals surface area contributed by atoms with Crippen molar-refractivity contribution >= 4 is 26.8 Å². The fourth-order valence-corrected chi connectivity index (χ4v) is 3.37. The van der Waals surface area contributed by atoms with Gasteiger partial charge in [-0.3, -0.25) is 4.98 Å². The molecule has 0 saturated carbocycles. The predicted molar refractivity (Wildman–Crippen MR) is 79.1 cm³/mol. The highest BCUT2D eigenvalue weighted by Crippen LogP contribution is 2.29. The molecule has 1 aromatic heterocycles. The molecular formula is C15H17BrN2. The fourth-order valence-electron chi connectivity index (χ4n) is 2.73. The topological polar surface area (TPSA) is 16.1 Å². The standard InChI is InChI=1S/C15H17BrN2/c1-10-3-4-14-11(7-10)12(8-16)13-9-18(2)6-5-15(13)17-14/h3-4,7H,5-6,8-9H2,1-2H3. The van der Waals surface area contributed by atoms with Crippen LogP contribution in [0.4, 0.5) is 0 Å². The molecule has 0 radical (unpaired) electrons. The van der Waals surface area contributed by atoms with Gasteiger partial charge in [-0.1, -0.05) is 27.6 Å². The molecule has 0 atom stereocenters. The van der Waals surface area contributed by atoms with E-state index in [0.29, 0.717) is 0 Å². The molecule has 2 aromatic rings. The van der Waals surface area contributed by atoms with Crippen molar-refractivity contribution in [1.29, 1.82) is 0 Å². The number of hydrogen-bond donors (Lipinski definition) is 0. The van der Waals surface area contributed by atoms with Gasteiger partial charge < -0.3 is 4.90 Å². The minimum Gasteiger partial charge on any atom is -0.302 e. The van der Waals surface area contributed by atoms with Gasteiger partial charge in [0.2, 0.25) is 0 Å². The van der Waals surface area contributed by atoms with Crippen LogP contribution in [-0.2, 0) is 18.3 Å². The second kappa shape index (κ2) is 4.63. The predicted octanol–water partition coefficient (Wildman–Crippen LogP) is 3.43. The molecule has 3 rings (SSSR count). The van der Waals surface area contributed by atoms with E-state index in [1.165, 1.54) is 27.8 Å². The minimum absolute atomic E-state index is 0.908. The Balaban J connectivity index is 2.31. The summed E-state index contributed by atoms with van der Waals surface area (Å²) < 4.78 is 0. The van der Waals surface area contributed by atoms with Crippen molar-refractivity contribution in [3.05, 3.63) is 40.6 Å². The number of halogens is 1. The quantitative estimate of drug-likeness (QED) is 0.751. The van der Waals surface area contributed by atoms with Crippen molar-refractivity contribution in [3.8, 4) is 0 Å². The molecular weight excluding hydrogens is 288 g/mol. The van der Waals surface area contributed by atoms with Crippen molar-refractivity contribution in [2.45, 2.75) is 25.2 Å². The summed E-state index contributed by atoms with van der Waals surface area (Å²) in [7, 11) is 2.18. The maximum atomic E-state index is 4.85. The summed E-state index contributed by atoms with van der Waals surface area (Å²) in [6, 6.07) is 6.55. The summed E-state index contributed by atoms with van der Waals surface area (Å²) >= 11 is 3.66. The zero-order valence-electron chi connectivity index (χ0n) is 10.8. The Morgan fingerprint density at radius 2 is 2.22 bits per heavy atom. The Morgan fingerprint density at radius 3 is 3.00 bits per heavy atom. The Hall–Kier alpha value is -0.930. The van der Waals surface area contributed by atoms with Crippen molar-refractivity contribution in [3.63, 3.8) is 0 Å². The van der Waals surface area contributed by atoms with Crippen molar-refractivity contribution < 1.29 is 0 Å². The van der Waals surface area contributed by atoms with Crippen molar-refractivity contribution in [1.82, 2.24) is 9.88 Å². The molecule has 18 heavy (non-hydrogen) atoms. The van der Waals surface area contributed by atoms with Crippen LogP contribution in [-0.4, -0.2) is 23.5 Å². The highest BCUT2D eigenvalue weighted by molar-refractivity contribution is 9.08. The Kier molecular flexibility index (Phi) is 3.12. The third kappa shape index (κ3) is 1.95. The Bertz CT molecular complexity index is 607. The molecule has 0 aliphatic carbocycles. The number of nitrogens with zero attached hydrogens (tertiary/aromatic N) is 2. The summed E-state index contributed by atoms with van der Waals surface area (Å²) in [4.78, 5) is 7.23. The molecule has 3 heteroatoms. The van der Waals surface area contributed by atoms with Crippen LogP contribution in [0.2, 0.25) is 0 Å². The van der Waals surface area contributed by atoms with Crippen LogP contribution in [0.1, 0.15) is 22.4 Å². The van der Waals surface area contributed by atoms with E-state index < -0.39 is 0 Å². The largest absolute Gasteiger partial charge is 0.302 e. The zero-order valence-corrected chi connectivity index (χ0v) is 12.4. The summed E-state index contributed by atoms with van der Waals surface area (Å²) in [6.45, 7) is 4.27. The Labute approximate surface area is 116 Å². The third-order valence-corrected chi connectivity index (χ3v) is 4.30. The van der Waals surface area contributed by atoms with Crippen molar-refractivity contribution in [2.75, 3.05) is 13.6 Å². The molecule has 2 nitrogen and oxygen atoms in total. The van der Waals surface area contributed by atoms with Gasteiger partial charge in [0.1, 0.15) is 0 Å². The molecule has 0 N–H and O–H groups in total. The normalized spacial score (nSPS) is 15.9. The van der Waals surface area contributed by atoms with E-state index in [0.717, 1.165) is 30.4 Å². The maximum absolute atomic E-state index is 4.85. The molecule has 1 aliphatic heterocycles. The van der Waals surface area contributed by atoms with Gasteiger partial charge in [-0.25, -0.2) is 0 Å². The average molecular weight is 305 g/mol. The van der Waals surface area contributed by atoms with Gasteiger partial charge in [-0.15, -0.1) is 0 Å². The highest BCUT2D eigenvalue weighted by atomic mass is 79.9. The van der Waals surface area contributed by atoms with Gasteiger partial charge in [0.05, 0.1) is 5.52 Å². The van der Waals surface area contributed by atoms with Crippen molar-refractivity contribution in [2.24, 2.45) is 0 Å². The molecule has 94 valence electrons. The first kappa shape index (κ1) is 12.1. The molecule has 1 aromatic carbocycles. The number of likely N-dealkylation sites (N-methyl/N-ethyl adjacent to an activating group) is 1. The van der Waals surface area contributed by atoms with E-state index in [-0.39, 0.29) is 0 Å². The number of alkyl halides is 1. The number of hydrogen-bond acceptors (Lipinski definition) is 2. The summed E-state index contributed by atoms with van der Waals surface area (Å²) in [5.41, 5.74) is 6.58.